The Labute approximate surface area is 136 Å². The zero-order valence-electron chi connectivity index (χ0n) is 13.1. The quantitative estimate of drug-likeness (QED) is 0.545. The largest absolute Gasteiger partial charge is 0.347 e. The van der Waals surface area contributed by atoms with Crippen molar-refractivity contribution < 1.29 is 14.4 Å². The van der Waals surface area contributed by atoms with Crippen molar-refractivity contribution >= 4 is 30.6 Å². The van der Waals surface area contributed by atoms with E-state index in [9.17, 15) is 14.4 Å². The van der Waals surface area contributed by atoms with Gasteiger partial charge in [0.25, 0.3) is 5.91 Å². The second-order valence-electron chi connectivity index (χ2n) is 6.18. The van der Waals surface area contributed by atoms with Crippen molar-refractivity contribution in [3.8, 4) is 0 Å². The van der Waals surface area contributed by atoms with Crippen LogP contribution in [0, 0.1) is 0 Å². The first-order chi connectivity index (χ1) is 10.2. The van der Waals surface area contributed by atoms with Crippen LogP contribution in [-0.4, -0.2) is 35.3 Å². The zero-order valence-corrected chi connectivity index (χ0v) is 13.9. The van der Waals surface area contributed by atoms with Gasteiger partial charge >= 0.3 is 0 Å². The molecule has 0 aliphatic heterocycles. The Balaban J connectivity index is 3.06. The summed E-state index contributed by atoms with van der Waals surface area (Å²) in [5.41, 5.74) is 6.41. The van der Waals surface area contributed by atoms with Gasteiger partial charge in [0.2, 0.25) is 0 Å². The highest BCUT2D eigenvalue weighted by Gasteiger charge is 2.19. The summed E-state index contributed by atoms with van der Waals surface area (Å²) in [5, 5.41) is 2.80. The van der Waals surface area contributed by atoms with Crippen molar-refractivity contribution in [1.82, 2.24) is 5.32 Å². The summed E-state index contributed by atoms with van der Waals surface area (Å²) in [5.74, 6) is -0.235. The molecule has 1 aromatic rings. The molecule has 120 valence electrons. The van der Waals surface area contributed by atoms with E-state index in [2.05, 4.69) is 17.9 Å². The second kappa shape index (κ2) is 7.56. The number of amides is 1. The zero-order chi connectivity index (χ0) is 16.9. The van der Waals surface area contributed by atoms with Gasteiger partial charge in [-0.05, 0) is 32.4 Å². The maximum Gasteiger partial charge on any atom is 0.252 e. The predicted molar refractivity (Wildman–Crippen MR) is 89.6 cm³/mol. The van der Waals surface area contributed by atoms with Crippen molar-refractivity contribution in [3.63, 3.8) is 0 Å². The van der Waals surface area contributed by atoms with Crippen LogP contribution in [0.25, 0.3) is 0 Å². The summed E-state index contributed by atoms with van der Waals surface area (Å²) in [6.07, 6.45) is 0.735. The van der Waals surface area contributed by atoms with Crippen LogP contribution in [-0.2, 0) is 11.2 Å². The molecule has 1 rings (SSSR count). The van der Waals surface area contributed by atoms with Gasteiger partial charge in [0, 0.05) is 23.3 Å². The maximum atomic E-state index is 12.3. The molecule has 0 spiro atoms. The normalized spacial score (nSPS) is 12.6. The van der Waals surface area contributed by atoms with Gasteiger partial charge in [-0.1, -0.05) is 12.1 Å². The van der Waals surface area contributed by atoms with E-state index in [1.54, 1.807) is 18.2 Å². The van der Waals surface area contributed by atoms with Gasteiger partial charge in [0.05, 0.1) is 11.6 Å². The summed E-state index contributed by atoms with van der Waals surface area (Å²) < 4.78 is 0. The first kappa shape index (κ1) is 18.4. The fraction of sp³-hybridized carbons (Fsp3) is 0.438. The number of benzene rings is 1. The lowest BCUT2D eigenvalue weighted by Gasteiger charge is -2.21. The molecule has 0 aromatic heterocycles. The van der Waals surface area contributed by atoms with Crippen molar-refractivity contribution in [2.45, 2.75) is 38.8 Å². The molecule has 0 aliphatic carbocycles. The third-order valence-electron chi connectivity index (χ3n) is 2.97. The van der Waals surface area contributed by atoms with Crippen LogP contribution in [0.5, 0.6) is 0 Å². The number of nitrogens with two attached hydrogens (primary N) is 1. The molecule has 1 amide bonds. The number of carbonyl (C=O) groups is 3. The van der Waals surface area contributed by atoms with Crippen molar-refractivity contribution in [2.75, 3.05) is 5.75 Å². The Hall–Kier alpha value is -1.66. The van der Waals surface area contributed by atoms with Crippen LogP contribution >= 0.6 is 12.6 Å². The SMILES string of the molecule is CC(C)(C)NC(=O)c1cc(CC(=O)C(N)CS)ccc1C=O. The monoisotopic (exact) mass is 322 g/mol. The lowest BCUT2D eigenvalue weighted by molar-refractivity contribution is -0.119. The van der Waals surface area contributed by atoms with E-state index in [1.807, 2.05) is 20.8 Å². The van der Waals surface area contributed by atoms with E-state index in [0.717, 1.165) is 0 Å². The number of ketones is 1. The second-order valence-corrected chi connectivity index (χ2v) is 6.54. The molecule has 22 heavy (non-hydrogen) atoms. The van der Waals surface area contributed by atoms with E-state index in [-0.39, 0.29) is 35.0 Å². The summed E-state index contributed by atoms with van der Waals surface area (Å²) in [4.78, 5) is 35.2. The Kier molecular flexibility index (Phi) is 6.32. The molecule has 5 nitrogen and oxygen atoms in total. The van der Waals surface area contributed by atoms with Gasteiger partial charge in [-0.3, -0.25) is 14.4 Å². The molecular weight excluding hydrogens is 300 g/mol. The minimum absolute atomic E-state index is 0.108. The molecular formula is C16H22N2O3S. The number of thiol groups is 1. The molecule has 1 atom stereocenters. The summed E-state index contributed by atoms with van der Waals surface area (Å²) in [6.45, 7) is 5.56. The van der Waals surface area contributed by atoms with Crippen LogP contribution in [0.2, 0.25) is 0 Å². The maximum absolute atomic E-state index is 12.3. The van der Waals surface area contributed by atoms with Crippen LogP contribution in [0.15, 0.2) is 18.2 Å². The van der Waals surface area contributed by atoms with E-state index in [1.165, 1.54) is 0 Å². The van der Waals surface area contributed by atoms with Crippen molar-refractivity contribution in [3.05, 3.63) is 34.9 Å². The van der Waals surface area contributed by atoms with Crippen molar-refractivity contribution in [2.24, 2.45) is 5.73 Å². The molecule has 0 heterocycles. The minimum Gasteiger partial charge on any atom is -0.347 e. The van der Waals surface area contributed by atoms with Crippen LogP contribution in [0.3, 0.4) is 0 Å². The number of hydrogen-bond donors (Lipinski definition) is 3. The number of nitrogens with one attached hydrogen (secondary N) is 1. The Morgan fingerprint density at radius 2 is 2.00 bits per heavy atom. The van der Waals surface area contributed by atoms with Gasteiger partial charge < -0.3 is 11.1 Å². The van der Waals surface area contributed by atoms with Gasteiger partial charge in [-0.15, -0.1) is 0 Å². The predicted octanol–water partition coefficient (Wildman–Crippen LogP) is 1.40. The Bertz CT molecular complexity index is 579. The number of hydrogen-bond acceptors (Lipinski definition) is 5. The fourth-order valence-corrected chi connectivity index (χ4v) is 2.06. The van der Waals surface area contributed by atoms with Crippen LogP contribution < -0.4 is 11.1 Å². The smallest absolute Gasteiger partial charge is 0.252 e. The van der Waals surface area contributed by atoms with Crippen LogP contribution in [0.1, 0.15) is 47.1 Å². The molecule has 0 saturated heterocycles. The molecule has 0 bridgehead atoms. The minimum atomic E-state index is -0.638. The lowest BCUT2D eigenvalue weighted by Crippen LogP contribution is -2.41. The summed E-state index contributed by atoms with van der Waals surface area (Å²) in [7, 11) is 0. The average Bonchev–Trinajstić information content (AvgIpc) is 2.44. The molecule has 1 unspecified atom stereocenters. The van der Waals surface area contributed by atoms with E-state index in [0.29, 0.717) is 11.8 Å². The van der Waals surface area contributed by atoms with Gasteiger partial charge in [-0.2, -0.15) is 12.6 Å². The average molecular weight is 322 g/mol. The number of carbonyl (C=O) groups excluding carboxylic acids is 3. The number of Topliss-reactive ketones (excluding diaryl/α,β-unsaturated/α-hetero) is 1. The molecule has 0 saturated carbocycles. The topological polar surface area (TPSA) is 89.3 Å². The molecule has 1 aromatic carbocycles. The Morgan fingerprint density at radius 1 is 1.36 bits per heavy atom. The molecule has 0 aliphatic rings. The first-order valence-electron chi connectivity index (χ1n) is 6.97. The first-order valence-corrected chi connectivity index (χ1v) is 7.61. The van der Waals surface area contributed by atoms with E-state index >= 15 is 0 Å². The third kappa shape index (κ3) is 5.27. The lowest BCUT2D eigenvalue weighted by atomic mass is 9.98. The van der Waals surface area contributed by atoms with Gasteiger partial charge in [-0.25, -0.2) is 0 Å². The van der Waals surface area contributed by atoms with Crippen LogP contribution in [0.4, 0.5) is 0 Å². The molecule has 0 radical (unpaired) electrons. The van der Waals surface area contributed by atoms with Gasteiger partial charge in [0.15, 0.2) is 12.1 Å². The number of aldehydes is 1. The fourth-order valence-electron chi connectivity index (χ4n) is 1.85. The molecule has 3 N–H and O–H groups in total. The van der Waals surface area contributed by atoms with E-state index < -0.39 is 11.6 Å². The highest BCUT2D eigenvalue weighted by atomic mass is 32.1. The molecule has 6 heteroatoms. The highest BCUT2D eigenvalue weighted by Crippen LogP contribution is 2.14. The van der Waals surface area contributed by atoms with E-state index in [4.69, 9.17) is 5.73 Å². The Morgan fingerprint density at radius 3 is 2.50 bits per heavy atom. The number of rotatable bonds is 6. The molecule has 0 fully saturated rings. The standard InChI is InChI=1S/C16H22N2O3S/c1-16(2,3)18-15(21)12-6-10(4-5-11(12)8-19)7-14(20)13(17)9-22/h4-6,8,13,22H,7,9,17H2,1-3H3,(H,18,21). The third-order valence-corrected chi connectivity index (χ3v) is 3.36. The van der Waals surface area contributed by atoms with Gasteiger partial charge in [0.1, 0.15) is 0 Å². The van der Waals surface area contributed by atoms with Crippen molar-refractivity contribution in [1.29, 1.82) is 0 Å². The summed E-state index contributed by atoms with van der Waals surface area (Å²) >= 11 is 4.00. The highest BCUT2D eigenvalue weighted by molar-refractivity contribution is 7.80. The summed E-state index contributed by atoms with van der Waals surface area (Å²) in [6, 6.07) is 4.12.